The number of nitrogens with zero attached hydrogens (tertiary/aromatic N) is 2. The summed E-state index contributed by atoms with van der Waals surface area (Å²) in [5, 5.41) is 0. The van der Waals surface area contributed by atoms with Crippen LogP contribution in [0.4, 0.5) is 0 Å². The van der Waals surface area contributed by atoms with Gasteiger partial charge in [0.15, 0.2) is 11.6 Å². The fraction of sp³-hybridized carbons (Fsp3) is 0.227. The molecule has 0 saturated carbocycles. The van der Waals surface area contributed by atoms with Gasteiger partial charge in [-0.3, -0.25) is 9.59 Å². The number of ketones is 2. The SMILES string of the molecule is CCCCn1cc[n+](C)c1.O=C1c2ccccc2C(=O)c2cc(S(=O)(=O)[O-])ccc21. The summed E-state index contributed by atoms with van der Waals surface area (Å²) in [6.07, 6.45) is 8.82. The van der Waals surface area contributed by atoms with Gasteiger partial charge in [0, 0.05) is 22.3 Å². The van der Waals surface area contributed by atoms with Crippen LogP contribution in [0, 0.1) is 0 Å². The van der Waals surface area contributed by atoms with Gasteiger partial charge in [0.2, 0.25) is 6.33 Å². The lowest BCUT2D eigenvalue weighted by atomic mass is 9.84. The van der Waals surface area contributed by atoms with Crippen LogP contribution in [-0.2, 0) is 23.7 Å². The minimum atomic E-state index is -4.67. The summed E-state index contributed by atoms with van der Waals surface area (Å²) < 4.78 is 37.3. The van der Waals surface area contributed by atoms with Crippen LogP contribution in [0.5, 0.6) is 0 Å². The quantitative estimate of drug-likeness (QED) is 0.369. The molecule has 8 heteroatoms. The first-order valence-corrected chi connectivity index (χ1v) is 10.9. The Morgan fingerprint density at radius 2 is 1.57 bits per heavy atom. The second-order valence-electron chi connectivity index (χ2n) is 7.04. The smallest absolute Gasteiger partial charge is 0.243 e. The van der Waals surface area contributed by atoms with E-state index >= 15 is 0 Å². The lowest BCUT2D eigenvalue weighted by Crippen LogP contribution is -2.23. The average Bonchev–Trinajstić information content (AvgIpc) is 3.15. The first-order chi connectivity index (χ1) is 14.2. The molecule has 7 nitrogen and oxygen atoms in total. The van der Waals surface area contributed by atoms with Crippen LogP contribution in [0.1, 0.15) is 51.6 Å². The molecule has 0 atom stereocenters. The van der Waals surface area contributed by atoms with Gasteiger partial charge < -0.3 is 4.55 Å². The zero-order valence-corrected chi connectivity index (χ0v) is 17.6. The van der Waals surface area contributed by atoms with Crippen molar-refractivity contribution in [1.82, 2.24) is 4.57 Å². The molecule has 0 bridgehead atoms. The Morgan fingerprint density at radius 3 is 2.10 bits per heavy atom. The van der Waals surface area contributed by atoms with Crippen molar-refractivity contribution in [3.8, 4) is 0 Å². The Bertz CT molecular complexity index is 1210. The number of aromatic nitrogens is 2. The highest BCUT2D eigenvalue weighted by atomic mass is 32.2. The number of hydrogen-bond acceptors (Lipinski definition) is 5. The summed E-state index contributed by atoms with van der Waals surface area (Å²) in [5.41, 5.74) is 0.555. The number of benzene rings is 2. The number of carbonyl (C=O) groups excluding carboxylic acids is 2. The number of rotatable bonds is 4. The maximum Gasteiger partial charge on any atom is 0.243 e. The van der Waals surface area contributed by atoms with Crippen molar-refractivity contribution in [2.75, 3.05) is 0 Å². The van der Waals surface area contributed by atoms with E-state index in [4.69, 9.17) is 0 Å². The number of unbranched alkanes of at least 4 members (excludes halogenated alkanes) is 1. The first kappa shape index (κ1) is 21.6. The van der Waals surface area contributed by atoms with Gasteiger partial charge in [0.1, 0.15) is 22.5 Å². The second kappa shape index (κ2) is 8.73. The van der Waals surface area contributed by atoms with Crippen LogP contribution in [0.25, 0.3) is 0 Å². The third-order valence-electron chi connectivity index (χ3n) is 4.78. The van der Waals surface area contributed by atoms with Crippen LogP contribution in [-0.4, -0.2) is 29.1 Å². The van der Waals surface area contributed by atoms with Crippen molar-refractivity contribution >= 4 is 21.7 Å². The maximum atomic E-state index is 12.3. The van der Waals surface area contributed by atoms with E-state index in [2.05, 4.69) is 34.8 Å². The van der Waals surface area contributed by atoms with Crippen molar-refractivity contribution in [2.45, 2.75) is 31.2 Å². The monoisotopic (exact) mass is 426 g/mol. The fourth-order valence-corrected chi connectivity index (χ4v) is 3.71. The van der Waals surface area contributed by atoms with Gasteiger partial charge in [-0.25, -0.2) is 17.6 Å². The Morgan fingerprint density at radius 1 is 0.967 bits per heavy atom. The molecule has 3 aromatic rings. The summed E-state index contributed by atoms with van der Waals surface area (Å²) >= 11 is 0. The summed E-state index contributed by atoms with van der Waals surface area (Å²) in [6.45, 7) is 3.36. The van der Waals surface area contributed by atoms with Crippen LogP contribution in [0.15, 0.2) is 66.1 Å². The molecule has 1 aromatic heterocycles. The molecule has 0 unspecified atom stereocenters. The molecule has 0 aliphatic heterocycles. The van der Waals surface area contributed by atoms with Crippen molar-refractivity contribution in [3.05, 3.63) is 83.4 Å². The van der Waals surface area contributed by atoms with Crippen molar-refractivity contribution < 1.29 is 27.1 Å². The van der Waals surface area contributed by atoms with E-state index < -0.39 is 20.8 Å². The molecule has 0 N–H and O–H groups in total. The number of fused-ring (bicyclic) bond motifs is 2. The number of aryl methyl sites for hydroxylation is 2. The number of imidazole rings is 1. The Kier molecular flexibility index (Phi) is 6.28. The zero-order valence-electron chi connectivity index (χ0n) is 16.7. The Balaban J connectivity index is 0.000000216. The van der Waals surface area contributed by atoms with Crippen LogP contribution < -0.4 is 4.57 Å². The molecule has 0 amide bonds. The van der Waals surface area contributed by atoms with Gasteiger partial charge in [-0.1, -0.05) is 37.6 Å². The van der Waals surface area contributed by atoms with Crippen LogP contribution in [0.3, 0.4) is 0 Å². The lowest BCUT2D eigenvalue weighted by molar-refractivity contribution is -0.671. The summed E-state index contributed by atoms with van der Waals surface area (Å²) in [6, 6.07) is 9.51. The third kappa shape index (κ3) is 4.55. The molecule has 156 valence electrons. The molecule has 4 rings (SSSR count). The number of carbonyl (C=O) groups is 2. The highest BCUT2D eigenvalue weighted by Gasteiger charge is 2.29. The molecule has 1 aliphatic rings. The van der Waals surface area contributed by atoms with E-state index in [1.165, 1.54) is 31.0 Å². The van der Waals surface area contributed by atoms with Crippen molar-refractivity contribution in [2.24, 2.45) is 7.05 Å². The molecular formula is C22H22N2O5S. The van der Waals surface area contributed by atoms with E-state index in [0.29, 0.717) is 0 Å². The van der Waals surface area contributed by atoms with E-state index in [1.807, 2.05) is 7.05 Å². The van der Waals surface area contributed by atoms with E-state index in [-0.39, 0.29) is 28.0 Å². The van der Waals surface area contributed by atoms with Crippen molar-refractivity contribution in [1.29, 1.82) is 0 Å². The molecule has 2 aromatic carbocycles. The van der Waals surface area contributed by atoms with E-state index in [1.54, 1.807) is 12.1 Å². The molecule has 30 heavy (non-hydrogen) atoms. The fourth-order valence-electron chi connectivity index (χ4n) is 3.21. The molecule has 1 heterocycles. The average molecular weight is 426 g/mol. The van der Waals surface area contributed by atoms with Crippen LogP contribution in [0.2, 0.25) is 0 Å². The molecular weight excluding hydrogens is 404 g/mol. The standard InChI is InChI=1S/C14H8O5S.C8H15N2/c15-13-9-3-1-2-4-10(9)14(16)12-7-8(20(17,18)19)5-6-11(12)13;1-3-4-5-10-7-6-9(2)8-10/h1-7H,(H,17,18,19);6-8H,3-5H2,1-2H3/q;+1/p-1. The van der Waals surface area contributed by atoms with Crippen LogP contribution >= 0.6 is 0 Å². The Hall–Kier alpha value is -3.10. The van der Waals surface area contributed by atoms with E-state index in [9.17, 15) is 22.6 Å². The van der Waals surface area contributed by atoms with E-state index in [0.717, 1.165) is 18.7 Å². The first-order valence-electron chi connectivity index (χ1n) is 9.51. The topological polar surface area (TPSA) is 100 Å². The van der Waals surface area contributed by atoms with Crippen molar-refractivity contribution in [3.63, 3.8) is 0 Å². The minimum Gasteiger partial charge on any atom is -0.744 e. The highest BCUT2D eigenvalue weighted by molar-refractivity contribution is 7.85. The summed E-state index contributed by atoms with van der Waals surface area (Å²) in [4.78, 5) is 24.0. The molecule has 0 radical (unpaired) electrons. The molecule has 0 saturated heterocycles. The third-order valence-corrected chi connectivity index (χ3v) is 5.61. The van der Waals surface area contributed by atoms with Gasteiger partial charge >= 0.3 is 0 Å². The Labute approximate surface area is 175 Å². The van der Waals surface area contributed by atoms with Gasteiger partial charge in [-0.2, -0.15) is 0 Å². The van der Waals surface area contributed by atoms with Gasteiger partial charge in [-0.15, -0.1) is 0 Å². The largest absolute Gasteiger partial charge is 0.744 e. The molecule has 0 fully saturated rings. The highest BCUT2D eigenvalue weighted by Crippen LogP contribution is 2.28. The molecule has 1 aliphatic carbocycles. The normalized spacial score (nSPS) is 12.6. The lowest BCUT2D eigenvalue weighted by Gasteiger charge is -2.18. The van der Waals surface area contributed by atoms with Gasteiger partial charge in [0.05, 0.1) is 18.5 Å². The van der Waals surface area contributed by atoms with Gasteiger partial charge in [-0.05, 0) is 24.6 Å². The summed E-state index contributed by atoms with van der Waals surface area (Å²) in [7, 11) is -2.62. The maximum absolute atomic E-state index is 12.3. The summed E-state index contributed by atoms with van der Waals surface area (Å²) in [5.74, 6) is -0.814. The van der Waals surface area contributed by atoms with Gasteiger partial charge in [0.25, 0.3) is 0 Å². The molecule has 0 spiro atoms. The zero-order chi connectivity index (χ0) is 21.9. The number of hydrogen-bond donors (Lipinski definition) is 0. The predicted octanol–water partition coefficient (Wildman–Crippen LogP) is 2.48. The predicted molar refractivity (Wildman–Crippen MR) is 108 cm³/mol. The minimum absolute atomic E-state index is 0.0503. The second-order valence-corrected chi connectivity index (χ2v) is 8.42.